The quantitative estimate of drug-likeness (QED) is 0.654. The van der Waals surface area contributed by atoms with Crippen molar-refractivity contribution in [3.8, 4) is 6.07 Å². The zero-order valence-corrected chi connectivity index (χ0v) is 10.1. The van der Waals surface area contributed by atoms with Gasteiger partial charge < -0.3 is 0 Å². The molecule has 2 rings (SSSR count). The van der Waals surface area contributed by atoms with E-state index in [9.17, 15) is 5.26 Å². The molecule has 0 spiro atoms. The van der Waals surface area contributed by atoms with Gasteiger partial charge in [-0.05, 0) is 36.5 Å². The van der Waals surface area contributed by atoms with Gasteiger partial charge in [-0.15, -0.1) is 0 Å². The van der Waals surface area contributed by atoms with Crippen LogP contribution in [0.4, 0.5) is 0 Å². The van der Waals surface area contributed by atoms with Crippen molar-refractivity contribution < 1.29 is 0 Å². The Hall–Kier alpha value is -1.00. The summed E-state index contributed by atoms with van der Waals surface area (Å²) in [4.78, 5) is 0. The van der Waals surface area contributed by atoms with E-state index in [0.29, 0.717) is 5.92 Å². The molecule has 0 heterocycles. The van der Waals surface area contributed by atoms with E-state index in [1.54, 1.807) is 0 Å². The Morgan fingerprint density at radius 3 is 2.75 bits per heavy atom. The molecular formula is C14H16ClN. The van der Waals surface area contributed by atoms with Gasteiger partial charge in [0.2, 0.25) is 0 Å². The molecule has 1 saturated carbocycles. The predicted octanol–water partition coefficient (Wildman–Crippen LogP) is 4.53. The maximum atomic E-state index is 9.23. The van der Waals surface area contributed by atoms with Crippen molar-refractivity contribution in [2.45, 2.75) is 38.0 Å². The first-order chi connectivity index (χ1) is 7.81. The molecule has 84 valence electrons. The molecule has 0 radical (unpaired) electrons. The fraction of sp³-hybridized carbons (Fsp3) is 0.500. The molecule has 2 heteroatoms. The Morgan fingerprint density at radius 2 is 2.00 bits per heavy atom. The number of rotatable bonds is 1. The maximum Gasteiger partial charge on any atom is 0.0662 e. The SMILES string of the molecule is N#CC1CCCCCC1c1cccc(Cl)c1. The molecule has 1 aliphatic rings. The first-order valence-corrected chi connectivity index (χ1v) is 6.34. The number of benzene rings is 1. The minimum absolute atomic E-state index is 0.168. The van der Waals surface area contributed by atoms with Gasteiger partial charge in [-0.2, -0.15) is 5.26 Å². The molecule has 0 bridgehead atoms. The van der Waals surface area contributed by atoms with Crippen LogP contribution in [0, 0.1) is 17.2 Å². The van der Waals surface area contributed by atoms with Crippen LogP contribution < -0.4 is 0 Å². The minimum atomic E-state index is 0.168. The predicted molar refractivity (Wildman–Crippen MR) is 66.4 cm³/mol. The zero-order valence-electron chi connectivity index (χ0n) is 9.32. The molecule has 0 saturated heterocycles. The van der Waals surface area contributed by atoms with Crippen molar-refractivity contribution in [3.63, 3.8) is 0 Å². The molecule has 2 unspecified atom stereocenters. The third-order valence-corrected chi connectivity index (χ3v) is 3.69. The van der Waals surface area contributed by atoms with Gasteiger partial charge in [0.1, 0.15) is 0 Å². The molecule has 1 aromatic carbocycles. The highest BCUT2D eigenvalue weighted by atomic mass is 35.5. The molecule has 0 aromatic heterocycles. The van der Waals surface area contributed by atoms with Gasteiger partial charge in [0.25, 0.3) is 0 Å². The molecular weight excluding hydrogens is 218 g/mol. The highest BCUT2D eigenvalue weighted by Gasteiger charge is 2.24. The van der Waals surface area contributed by atoms with Crippen LogP contribution in [0.1, 0.15) is 43.6 Å². The van der Waals surface area contributed by atoms with E-state index >= 15 is 0 Å². The fourth-order valence-electron chi connectivity index (χ4n) is 2.60. The Balaban J connectivity index is 2.26. The first-order valence-electron chi connectivity index (χ1n) is 5.96. The van der Waals surface area contributed by atoms with Crippen LogP contribution in [0.3, 0.4) is 0 Å². The number of nitrogens with zero attached hydrogens (tertiary/aromatic N) is 1. The van der Waals surface area contributed by atoms with Crippen molar-refractivity contribution in [3.05, 3.63) is 34.9 Å². The summed E-state index contributed by atoms with van der Waals surface area (Å²) in [6, 6.07) is 10.5. The monoisotopic (exact) mass is 233 g/mol. The summed E-state index contributed by atoms with van der Waals surface area (Å²) >= 11 is 6.01. The highest BCUT2D eigenvalue weighted by Crippen LogP contribution is 2.36. The van der Waals surface area contributed by atoms with Crippen molar-refractivity contribution in [2.75, 3.05) is 0 Å². The summed E-state index contributed by atoms with van der Waals surface area (Å²) in [7, 11) is 0. The summed E-state index contributed by atoms with van der Waals surface area (Å²) in [5, 5.41) is 10.0. The molecule has 16 heavy (non-hydrogen) atoms. The normalized spacial score (nSPS) is 25.8. The smallest absolute Gasteiger partial charge is 0.0662 e. The lowest BCUT2D eigenvalue weighted by Gasteiger charge is -2.19. The molecule has 1 nitrogen and oxygen atoms in total. The van der Waals surface area contributed by atoms with E-state index in [0.717, 1.165) is 17.9 Å². The topological polar surface area (TPSA) is 23.8 Å². The Kier molecular flexibility index (Phi) is 3.85. The lowest BCUT2D eigenvalue weighted by atomic mass is 9.83. The molecule has 1 aliphatic carbocycles. The number of hydrogen-bond donors (Lipinski definition) is 0. The fourth-order valence-corrected chi connectivity index (χ4v) is 2.80. The van der Waals surface area contributed by atoms with Crippen molar-refractivity contribution >= 4 is 11.6 Å². The third kappa shape index (κ3) is 2.57. The van der Waals surface area contributed by atoms with Gasteiger partial charge in [0.05, 0.1) is 12.0 Å². The average molecular weight is 234 g/mol. The summed E-state index contributed by atoms with van der Waals surface area (Å²) in [5.74, 6) is 0.548. The lowest BCUT2D eigenvalue weighted by Crippen LogP contribution is -2.09. The summed E-state index contributed by atoms with van der Waals surface area (Å²) < 4.78 is 0. The minimum Gasteiger partial charge on any atom is -0.198 e. The van der Waals surface area contributed by atoms with E-state index in [1.807, 2.05) is 18.2 Å². The summed E-state index contributed by atoms with van der Waals surface area (Å²) in [5.41, 5.74) is 1.24. The van der Waals surface area contributed by atoms with E-state index in [-0.39, 0.29) is 5.92 Å². The second kappa shape index (κ2) is 5.37. The van der Waals surface area contributed by atoms with Gasteiger partial charge in [0.15, 0.2) is 0 Å². The summed E-state index contributed by atoms with van der Waals surface area (Å²) in [6.45, 7) is 0. The van der Waals surface area contributed by atoms with Gasteiger partial charge in [-0.3, -0.25) is 0 Å². The second-order valence-corrected chi connectivity index (χ2v) is 4.97. The lowest BCUT2D eigenvalue weighted by molar-refractivity contribution is 0.490. The molecule has 1 aromatic rings. The molecule has 0 N–H and O–H groups in total. The Labute approximate surface area is 102 Å². The maximum absolute atomic E-state index is 9.23. The van der Waals surface area contributed by atoms with Crippen LogP contribution in [0.25, 0.3) is 0 Å². The second-order valence-electron chi connectivity index (χ2n) is 4.54. The molecule has 1 fully saturated rings. The molecule has 2 atom stereocenters. The highest BCUT2D eigenvalue weighted by molar-refractivity contribution is 6.30. The van der Waals surface area contributed by atoms with Gasteiger partial charge in [-0.1, -0.05) is 43.0 Å². The van der Waals surface area contributed by atoms with E-state index in [1.165, 1.54) is 24.8 Å². The van der Waals surface area contributed by atoms with Gasteiger partial charge in [0, 0.05) is 5.02 Å². The van der Waals surface area contributed by atoms with Crippen LogP contribution in [0.15, 0.2) is 24.3 Å². The van der Waals surface area contributed by atoms with E-state index in [4.69, 9.17) is 11.6 Å². The van der Waals surface area contributed by atoms with E-state index in [2.05, 4.69) is 12.1 Å². The van der Waals surface area contributed by atoms with Gasteiger partial charge >= 0.3 is 0 Å². The van der Waals surface area contributed by atoms with E-state index < -0.39 is 0 Å². The van der Waals surface area contributed by atoms with Crippen LogP contribution in [0.5, 0.6) is 0 Å². The number of nitriles is 1. The standard InChI is InChI=1S/C14H16ClN/c15-13-7-4-6-11(9-13)14-8-3-1-2-5-12(14)10-16/h4,6-7,9,12,14H,1-3,5,8H2. The Bertz CT molecular complexity index is 394. The summed E-state index contributed by atoms with van der Waals surface area (Å²) in [6.07, 6.45) is 5.84. The zero-order chi connectivity index (χ0) is 11.4. The Morgan fingerprint density at radius 1 is 1.19 bits per heavy atom. The number of hydrogen-bond acceptors (Lipinski definition) is 1. The molecule has 0 amide bonds. The number of halogens is 1. The molecule has 0 aliphatic heterocycles. The van der Waals surface area contributed by atoms with Crippen molar-refractivity contribution in [1.82, 2.24) is 0 Å². The average Bonchev–Trinajstić information content (AvgIpc) is 2.53. The first kappa shape index (κ1) is 11.5. The largest absolute Gasteiger partial charge is 0.198 e. The van der Waals surface area contributed by atoms with Crippen LogP contribution >= 0.6 is 11.6 Å². The van der Waals surface area contributed by atoms with Crippen LogP contribution in [-0.4, -0.2) is 0 Å². The third-order valence-electron chi connectivity index (χ3n) is 3.46. The van der Waals surface area contributed by atoms with Crippen LogP contribution in [-0.2, 0) is 0 Å². The van der Waals surface area contributed by atoms with Crippen molar-refractivity contribution in [1.29, 1.82) is 5.26 Å². The van der Waals surface area contributed by atoms with Crippen LogP contribution in [0.2, 0.25) is 5.02 Å². The van der Waals surface area contributed by atoms with Gasteiger partial charge in [-0.25, -0.2) is 0 Å². The van der Waals surface area contributed by atoms with Crippen molar-refractivity contribution in [2.24, 2.45) is 5.92 Å².